The summed E-state index contributed by atoms with van der Waals surface area (Å²) < 4.78 is 54.5. The summed E-state index contributed by atoms with van der Waals surface area (Å²) >= 11 is 0. The fourth-order valence-corrected chi connectivity index (χ4v) is 16.8. The van der Waals surface area contributed by atoms with E-state index in [0.29, 0.717) is 12.5 Å². The molecule has 8 bridgehead atoms. The molecule has 49 heavy (non-hydrogen) atoms. The molecule has 10 rings (SSSR count). The van der Waals surface area contributed by atoms with Gasteiger partial charge in [0.2, 0.25) is 0 Å². The topological polar surface area (TPSA) is 140 Å². The molecule has 276 valence electrons. The first kappa shape index (κ1) is 40.9. The van der Waals surface area contributed by atoms with Gasteiger partial charge in [-0.2, -0.15) is 0 Å². The van der Waals surface area contributed by atoms with E-state index in [-0.39, 0.29) is 28.3 Å². The number of hydrogen-bond donors (Lipinski definition) is 1. The molecule has 0 saturated heterocycles. The number of rotatable bonds is 6. The van der Waals surface area contributed by atoms with Crippen molar-refractivity contribution in [3.63, 3.8) is 0 Å². The Bertz CT molecular complexity index is 1430. The molecule has 0 amide bonds. The largest absolute Gasteiger partial charge is 2.00 e. The van der Waals surface area contributed by atoms with Crippen molar-refractivity contribution < 1.29 is 46.4 Å². The third kappa shape index (κ3) is 11.3. The molecule has 8 saturated carbocycles. The smallest absolute Gasteiger partial charge is 0.748 e. The number of anilines is 1. The predicted octanol–water partition coefficient (Wildman–Crippen LogP) is 8.26. The van der Waals surface area contributed by atoms with Gasteiger partial charge in [-0.15, -0.1) is 35.9 Å². The van der Waals surface area contributed by atoms with Crippen LogP contribution in [-0.2, 0) is 40.7 Å². The zero-order valence-corrected chi connectivity index (χ0v) is 33.4. The van der Waals surface area contributed by atoms with Gasteiger partial charge in [-0.05, 0) is 147 Å². The van der Waals surface area contributed by atoms with E-state index in [1.54, 1.807) is 89.6 Å². The van der Waals surface area contributed by atoms with E-state index >= 15 is 0 Å². The summed E-state index contributed by atoms with van der Waals surface area (Å²) in [4.78, 5) is 0. The quantitative estimate of drug-likeness (QED) is 0.102. The molecule has 7 nitrogen and oxygen atoms in total. The molecule has 0 radical (unpaired) electrons. The van der Waals surface area contributed by atoms with Gasteiger partial charge < -0.3 is 14.8 Å². The van der Waals surface area contributed by atoms with Gasteiger partial charge in [-0.3, -0.25) is 0 Å². The fraction of sp³-hybridized carbons (Fsp3) is 0.684. The van der Waals surface area contributed by atoms with Crippen LogP contribution in [0, 0.1) is 41.6 Å². The van der Waals surface area contributed by atoms with Gasteiger partial charge in [0.1, 0.15) is 0 Å². The molecular formula is C38H55NO6PPdS2-. The van der Waals surface area contributed by atoms with Crippen molar-refractivity contribution in [1.29, 1.82) is 0 Å². The fourth-order valence-electron chi connectivity index (χ4n) is 11.4. The molecule has 2 aromatic carbocycles. The molecular weight excluding hydrogens is 768 g/mol. The zero-order chi connectivity index (χ0) is 34.7. The number of benzene rings is 2. The van der Waals surface area contributed by atoms with Crippen LogP contribution in [0.15, 0.2) is 48.5 Å². The second kappa shape index (κ2) is 16.9. The Morgan fingerprint density at radius 1 is 0.714 bits per heavy atom. The Morgan fingerprint density at radius 2 is 1.08 bits per heavy atom. The summed E-state index contributed by atoms with van der Waals surface area (Å²) in [5.41, 5.74) is 8.72. The Labute approximate surface area is 311 Å². The molecule has 0 heterocycles. The van der Waals surface area contributed by atoms with Crippen LogP contribution in [0.25, 0.3) is 11.1 Å². The first-order chi connectivity index (χ1) is 22.5. The molecule has 0 spiro atoms. The number of nitrogens with two attached hydrogens (primary N) is 1. The van der Waals surface area contributed by atoms with Gasteiger partial charge >= 0.3 is 20.4 Å². The van der Waals surface area contributed by atoms with E-state index in [4.69, 9.17) is 31.7 Å². The predicted molar refractivity (Wildman–Crippen MR) is 195 cm³/mol. The number of nitrogen functional groups attached to an aromatic ring is 1. The second-order valence-electron chi connectivity index (χ2n) is 16.1. The average molecular weight is 823 g/mol. The van der Waals surface area contributed by atoms with E-state index in [0.717, 1.165) is 62.6 Å². The van der Waals surface area contributed by atoms with Gasteiger partial charge in [0.15, 0.2) is 0 Å². The van der Waals surface area contributed by atoms with Crippen LogP contribution in [-0.4, -0.2) is 54.9 Å². The Kier molecular flexibility index (Phi) is 14.1. The molecule has 0 aromatic heterocycles. The molecule has 8 aliphatic rings. The summed E-state index contributed by atoms with van der Waals surface area (Å²) in [6.45, 7) is 2.45. The molecule has 2 aromatic rings. The van der Waals surface area contributed by atoms with Crippen molar-refractivity contribution in [2.45, 2.75) is 107 Å². The van der Waals surface area contributed by atoms with Crippen molar-refractivity contribution in [2.75, 3.05) is 24.4 Å². The summed E-state index contributed by atoms with van der Waals surface area (Å²) in [5.74, 6) is 6.95. The molecule has 0 unspecified atom stereocenters. The second-order valence-corrected chi connectivity index (χ2v) is 22.1. The van der Waals surface area contributed by atoms with Crippen LogP contribution in [0.4, 0.5) is 5.69 Å². The van der Waals surface area contributed by atoms with Gasteiger partial charge in [0.25, 0.3) is 0 Å². The van der Waals surface area contributed by atoms with Crippen LogP contribution in [0.1, 0.15) is 96.8 Å². The van der Waals surface area contributed by atoms with Crippen molar-refractivity contribution in [2.24, 2.45) is 35.5 Å². The minimum absolute atomic E-state index is 0. The standard InChI is InChI=1S/C24H39P.C12H10N.2CH4O3S.Pd/c1-2-3-4-25(23-11-17-5-18(12-23)7-19(6-17)13-23)24-14-20-8-21(15-24)10-22(9-20)16-24;13-12-9-5-4-8-11(12)10-6-2-1-3-7-10;2*1-5(2,3)4;/h17-22H,2-16H2,1H3;1-6,8-9H,13H2;2*1H3,(H,2,3,4);/q;-1;;;+2/p-2. The number of hydrogen-bond acceptors (Lipinski definition) is 7. The van der Waals surface area contributed by atoms with Gasteiger partial charge in [-0.25, -0.2) is 16.8 Å². The van der Waals surface area contributed by atoms with E-state index in [1.807, 2.05) is 48.5 Å². The van der Waals surface area contributed by atoms with E-state index < -0.39 is 20.2 Å². The van der Waals surface area contributed by atoms with E-state index in [9.17, 15) is 0 Å². The molecule has 8 aliphatic carbocycles. The van der Waals surface area contributed by atoms with Crippen molar-refractivity contribution in [3.8, 4) is 11.1 Å². The third-order valence-electron chi connectivity index (χ3n) is 11.9. The van der Waals surface area contributed by atoms with E-state index in [2.05, 4.69) is 13.0 Å². The first-order valence-corrected chi connectivity index (χ1v) is 23.1. The summed E-state index contributed by atoms with van der Waals surface area (Å²) in [5, 5.41) is 1.76. The maximum atomic E-state index is 9.08. The monoisotopic (exact) mass is 822 g/mol. The maximum Gasteiger partial charge on any atom is 2.00 e. The first-order valence-electron chi connectivity index (χ1n) is 18.0. The van der Waals surface area contributed by atoms with Gasteiger partial charge in [0.05, 0.1) is 20.2 Å². The van der Waals surface area contributed by atoms with Gasteiger partial charge in [-0.1, -0.05) is 45.0 Å². The Hall–Kier alpha value is -0.848. The third-order valence-corrected chi connectivity index (χ3v) is 16.0. The van der Waals surface area contributed by atoms with E-state index in [1.165, 1.54) is 6.42 Å². The van der Waals surface area contributed by atoms with Crippen LogP contribution in [0.2, 0.25) is 0 Å². The normalized spacial score (nSPS) is 33.8. The minimum Gasteiger partial charge on any atom is -0.748 e. The molecule has 0 aliphatic heterocycles. The van der Waals surface area contributed by atoms with Crippen LogP contribution < -0.4 is 5.73 Å². The zero-order valence-electron chi connectivity index (χ0n) is 29.3. The number of para-hydroxylation sites is 1. The average Bonchev–Trinajstić information content (AvgIpc) is 2.95. The summed E-state index contributed by atoms with van der Waals surface area (Å²) in [6, 6.07) is 18.8. The maximum absolute atomic E-state index is 9.08. The molecule has 11 heteroatoms. The SMILES string of the molecule is CCCCP(C12CC3CC(CC(C3)C1)C2)C12CC3CC(CC(C3)C1)C2.CS(=O)(=O)[O-].CS(=O)(=O)[O-].Nc1ccccc1-c1[c-]cccc1.[Pd+2]. The minimum atomic E-state index is -3.92. The molecule has 8 fully saturated rings. The van der Waals surface area contributed by atoms with Crippen molar-refractivity contribution >= 4 is 33.8 Å². The molecule has 0 atom stereocenters. The van der Waals surface area contributed by atoms with Crippen LogP contribution >= 0.6 is 7.92 Å². The van der Waals surface area contributed by atoms with Crippen molar-refractivity contribution in [3.05, 3.63) is 54.6 Å². The van der Waals surface area contributed by atoms with Crippen molar-refractivity contribution in [1.82, 2.24) is 0 Å². The van der Waals surface area contributed by atoms with Gasteiger partial charge in [0, 0.05) is 12.5 Å². The van der Waals surface area contributed by atoms with Crippen LogP contribution in [0.3, 0.4) is 0 Å². The Morgan fingerprint density at radius 3 is 1.41 bits per heavy atom. The summed E-state index contributed by atoms with van der Waals surface area (Å²) in [6.07, 6.45) is 25.8. The summed E-state index contributed by atoms with van der Waals surface area (Å²) in [7, 11) is -7.55. The van der Waals surface area contributed by atoms with Crippen LogP contribution in [0.5, 0.6) is 0 Å². The number of unbranched alkanes of at least 4 members (excludes halogenated alkanes) is 1. The molecule has 2 N–H and O–H groups in total. The Balaban J connectivity index is 0.000000189.